The van der Waals surface area contributed by atoms with Crippen LogP contribution in [0, 0.1) is 17.0 Å². The number of aryl methyl sites for hydroxylation is 1. The summed E-state index contributed by atoms with van der Waals surface area (Å²) in [5.74, 6) is 0. The van der Waals surface area contributed by atoms with E-state index in [-0.39, 0.29) is 17.6 Å². The number of nitro groups is 1. The highest BCUT2D eigenvalue weighted by Gasteiger charge is 2.33. The molecule has 1 rings (SSSR count). The third-order valence-corrected chi connectivity index (χ3v) is 3.55. The van der Waals surface area contributed by atoms with Gasteiger partial charge < -0.3 is 0 Å². The monoisotopic (exact) mass is 262 g/mol. The van der Waals surface area contributed by atoms with Gasteiger partial charge in [0.15, 0.2) is 0 Å². The molecule has 0 N–H and O–H groups in total. The molecule has 1 unspecified atom stereocenters. The zero-order valence-electron chi connectivity index (χ0n) is 8.77. The van der Waals surface area contributed by atoms with E-state index < -0.39 is 13.0 Å². The molecule has 0 aromatic heterocycles. The van der Waals surface area contributed by atoms with E-state index in [0.717, 1.165) is 0 Å². The van der Waals surface area contributed by atoms with Gasteiger partial charge in [-0.1, -0.05) is 11.6 Å². The van der Waals surface area contributed by atoms with Crippen LogP contribution in [-0.4, -0.2) is 11.5 Å². The van der Waals surface area contributed by atoms with Gasteiger partial charge >= 0.3 is 19.0 Å². The van der Waals surface area contributed by atoms with Gasteiger partial charge in [-0.2, -0.15) is 0 Å². The summed E-state index contributed by atoms with van der Waals surface area (Å²) in [4.78, 5) is 10.2. The molecule has 0 spiro atoms. The number of nitrogens with zero attached hydrogens (tertiary/aromatic N) is 1. The Bertz CT molecular complexity index is 449. The summed E-state index contributed by atoms with van der Waals surface area (Å²) >= 11 is 5.83. The Morgan fingerprint density at radius 2 is 2.19 bits per heavy atom. The molecular formula is C9H10ClNO4P+. The van der Waals surface area contributed by atoms with E-state index in [4.69, 9.17) is 16.1 Å². The van der Waals surface area contributed by atoms with Gasteiger partial charge in [0.1, 0.15) is 6.61 Å². The molecule has 5 nitrogen and oxygen atoms in total. The van der Waals surface area contributed by atoms with E-state index in [2.05, 4.69) is 0 Å². The van der Waals surface area contributed by atoms with Crippen LogP contribution in [-0.2, 0) is 9.09 Å². The molecule has 0 saturated heterocycles. The Morgan fingerprint density at radius 1 is 1.56 bits per heavy atom. The van der Waals surface area contributed by atoms with Gasteiger partial charge in [-0.25, -0.2) is 0 Å². The zero-order valence-corrected chi connectivity index (χ0v) is 10.4. The second-order valence-corrected chi connectivity index (χ2v) is 4.68. The van der Waals surface area contributed by atoms with Crippen molar-refractivity contribution in [3.05, 3.63) is 32.8 Å². The second-order valence-electron chi connectivity index (χ2n) is 3.02. The van der Waals surface area contributed by atoms with Crippen LogP contribution in [0.15, 0.2) is 12.1 Å². The summed E-state index contributed by atoms with van der Waals surface area (Å²) in [5, 5.41) is 11.1. The first-order valence-electron chi connectivity index (χ1n) is 4.52. The summed E-state index contributed by atoms with van der Waals surface area (Å²) < 4.78 is 16.5. The normalized spacial score (nSPS) is 11.3. The highest BCUT2D eigenvalue weighted by atomic mass is 35.5. The molecule has 1 aromatic carbocycles. The third kappa shape index (κ3) is 2.76. The Balaban J connectivity index is 3.30. The lowest BCUT2D eigenvalue weighted by atomic mass is 10.2. The molecule has 0 amide bonds. The number of hydrogen-bond acceptors (Lipinski definition) is 4. The van der Waals surface area contributed by atoms with Crippen molar-refractivity contribution >= 4 is 30.6 Å². The topological polar surface area (TPSA) is 69.4 Å². The van der Waals surface area contributed by atoms with Gasteiger partial charge in [0.25, 0.3) is 0 Å². The summed E-state index contributed by atoms with van der Waals surface area (Å²) in [5.41, 5.74) is 0.341. The number of halogens is 1. The van der Waals surface area contributed by atoms with Gasteiger partial charge in [-0.15, -0.1) is 4.52 Å². The van der Waals surface area contributed by atoms with Gasteiger partial charge in [-0.3, -0.25) is 10.1 Å². The van der Waals surface area contributed by atoms with Crippen molar-refractivity contribution in [1.82, 2.24) is 0 Å². The molecule has 0 aliphatic heterocycles. The molecule has 0 fully saturated rings. The Kier molecular flexibility index (Phi) is 4.35. The Labute approximate surface area is 98.4 Å². The van der Waals surface area contributed by atoms with Crippen LogP contribution in [0.1, 0.15) is 12.5 Å². The van der Waals surface area contributed by atoms with E-state index in [1.54, 1.807) is 13.8 Å². The minimum absolute atomic E-state index is 0.0254. The van der Waals surface area contributed by atoms with Gasteiger partial charge in [0.2, 0.25) is 0 Å². The van der Waals surface area contributed by atoms with Crippen LogP contribution in [0.4, 0.5) is 5.69 Å². The minimum Gasteiger partial charge on any atom is -0.258 e. The minimum atomic E-state index is -2.23. The van der Waals surface area contributed by atoms with E-state index in [1.165, 1.54) is 12.1 Å². The number of hydrogen-bond donors (Lipinski definition) is 0. The van der Waals surface area contributed by atoms with E-state index in [0.29, 0.717) is 10.6 Å². The second kappa shape index (κ2) is 5.34. The van der Waals surface area contributed by atoms with E-state index in [1.807, 2.05) is 0 Å². The molecule has 1 aromatic rings. The SMILES string of the molecule is CCO[P+](=O)c1cc(Cl)c(C)cc1[N+](=O)[O-]. The van der Waals surface area contributed by atoms with Crippen LogP contribution in [0.5, 0.6) is 0 Å². The summed E-state index contributed by atoms with van der Waals surface area (Å²) in [6, 6.07) is 2.62. The lowest BCUT2D eigenvalue weighted by molar-refractivity contribution is -0.383. The van der Waals surface area contributed by atoms with Crippen molar-refractivity contribution in [3.63, 3.8) is 0 Å². The lowest BCUT2D eigenvalue weighted by Gasteiger charge is -1.97. The van der Waals surface area contributed by atoms with Crippen LogP contribution in [0.2, 0.25) is 5.02 Å². The molecule has 7 heteroatoms. The van der Waals surface area contributed by atoms with Crippen LogP contribution < -0.4 is 5.30 Å². The molecule has 0 heterocycles. The average molecular weight is 263 g/mol. The van der Waals surface area contributed by atoms with Crippen molar-refractivity contribution in [2.45, 2.75) is 13.8 Å². The molecular weight excluding hydrogens is 253 g/mol. The van der Waals surface area contributed by atoms with E-state index >= 15 is 0 Å². The van der Waals surface area contributed by atoms with E-state index in [9.17, 15) is 14.7 Å². The standard InChI is InChI=1S/C9H10ClNO4P/c1-3-15-16(14)9-5-7(10)6(2)4-8(9)11(12)13/h4-5H,3H2,1-2H3/q+1. The average Bonchev–Trinajstić information content (AvgIpc) is 2.21. The molecule has 0 aliphatic rings. The zero-order chi connectivity index (χ0) is 12.3. The van der Waals surface area contributed by atoms with Crippen molar-refractivity contribution in [2.24, 2.45) is 0 Å². The Morgan fingerprint density at radius 3 is 2.69 bits per heavy atom. The number of nitro benzene ring substituents is 1. The third-order valence-electron chi connectivity index (χ3n) is 1.90. The molecule has 1 atom stereocenters. The predicted octanol–water partition coefficient (Wildman–Crippen LogP) is 2.96. The number of benzene rings is 1. The first-order valence-corrected chi connectivity index (χ1v) is 6.07. The maximum Gasteiger partial charge on any atom is 0.556 e. The smallest absolute Gasteiger partial charge is 0.258 e. The van der Waals surface area contributed by atoms with Crippen LogP contribution in [0.3, 0.4) is 0 Å². The van der Waals surface area contributed by atoms with Crippen LogP contribution >= 0.6 is 19.6 Å². The van der Waals surface area contributed by atoms with Crippen molar-refractivity contribution < 1.29 is 14.0 Å². The van der Waals surface area contributed by atoms with Gasteiger partial charge in [0, 0.05) is 17.2 Å². The molecule has 16 heavy (non-hydrogen) atoms. The molecule has 0 bridgehead atoms. The van der Waals surface area contributed by atoms with Crippen molar-refractivity contribution in [2.75, 3.05) is 6.61 Å². The fourth-order valence-electron chi connectivity index (χ4n) is 1.14. The van der Waals surface area contributed by atoms with Crippen molar-refractivity contribution in [1.29, 1.82) is 0 Å². The quantitative estimate of drug-likeness (QED) is 0.475. The fraction of sp³-hybridized carbons (Fsp3) is 0.333. The van der Waals surface area contributed by atoms with Gasteiger partial charge in [0.05, 0.1) is 4.92 Å². The van der Waals surface area contributed by atoms with Crippen molar-refractivity contribution in [3.8, 4) is 0 Å². The fourth-order valence-corrected chi connectivity index (χ4v) is 2.32. The first kappa shape index (κ1) is 13.0. The lowest BCUT2D eigenvalue weighted by Crippen LogP contribution is -2.07. The highest BCUT2D eigenvalue weighted by molar-refractivity contribution is 7.48. The predicted molar refractivity (Wildman–Crippen MR) is 61.7 cm³/mol. The number of rotatable bonds is 4. The molecule has 0 radical (unpaired) electrons. The molecule has 0 saturated carbocycles. The summed E-state index contributed by atoms with van der Waals surface area (Å²) in [7, 11) is -2.23. The van der Waals surface area contributed by atoms with Crippen LogP contribution in [0.25, 0.3) is 0 Å². The largest absolute Gasteiger partial charge is 0.556 e. The molecule has 0 aliphatic carbocycles. The Hall–Kier alpha value is -1.03. The first-order chi connectivity index (χ1) is 7.47. The molecule has 86 valence electrons. The summed E-state index contributed by atoms with van der Waals surface area (Å²) in [6.07, 6.45) is 0. The summed E-state index contributed by atoms with van der Waals surface area (Å²) in [6.45, 7) is 3.53. The highest BCUT2D eigenvalue weighted by Crippen LogP contribution is 2.30. The maximum absolute atomic E-state index is 11.6. The van der Waals surface area contributed by atoms with Gasteiger partial charge in [-0.05, 0) is 24.0 Å². The maximum atomic E-state index is 11.6.